The third kappa shape index (κ3) is 4.53. The highest BCUT2D eigenvalue weighted by Gasteiger charge is 2.47. The number of ether oxygens (including phenoxy) is 1. The fraction of sp³-hybridized carbons (Fsp3) is 0.290. The van der Waals surface area contributed by atoms with Crippen LogP contribution in [0.2, 0.25) is 0 Å². The molecule has 1 fully saturated rings. The van der Waals surface area contributed by atoms with Crippen LogP contribution in [0.25, 0.3) is 5.76 Å². The summed E-state index contributed by atoms with van der Waals surface area (Å²) in [6.45, 7) is 12.5. The SMILES string of the molecule is CCOc1cccc(C2/C(=C(\O)c3cc(C(C)(C)C)ccc3C)C(=O)C(=O)N2c2ccccc2C)c1. The average Bonchev–Trinajstić information content (AvgIpc) is 3.09. The van der Waals surface area contributed by atoms with E-state index >= 15 is 0 Å². The minimum absolute atomic E-state index is 0.0751. The van der Waals surface area contributed by atoms with Crippen molar-refractivity contribution in [2.24, 2.45) is 0 Å². The Bertz CT molecular complexity index is 1360. The van der Waals surface area contributed by atoms with E-state index in [9.17, 15) is 14.7 Å². The molecule has 5 nitrogen and oxygen atoms in total. The summed E-state index contributed by atoms with van der Waals surface area (Å²) in [5.41, 5.74) is 4.50. The Morgan fingerprint density at radius 2 is 1.67 bits per heavy atom. The Morgan fingerprint density at radius 1 is 0.944 bits per heavy atom. The number of aliphatic hydroxyl groups is 1. The maximum absolute atomic E-state index is 13.6. The van der Waals surface area contributed by atoms with Crippen molar-refractivity contribution in [3.63, 3.8) is 0 Å². The highest BCUT2D eigenvalue weighted by atomic mass is 16.5. The van der Waals surface area contributed by atoms with Crippen molar-refractivity contribution in [3.05, 3.63) is 100 Å². The molecule has 0 radical (unpaired) electrons. The normalized spacial score (nSPS) is 17.5. The van der Waals surface area contributed by atoms with Crippen LogP contribution in [0.1, 0.15) is 61.6 Å². The van der Waals surface area contributed by atoms with Gasteiger partial charge in [-0.05, 0) is 72.7 Å². The molecule has 0 aromatic heterocycles. The van der Waals surface area contributed by atoms with Gasteiger partial charge in [0.05, 0.1) is 18.2 Å². The standard InChI is InChI=1S/C31H33NO4/c1-7-36-23-13-10-12-21(17-23)27-26(28(33)24-18-22(31(4,5)6)16-15-19(24)2)29(34)30(35)32(27)25-14-9-8-11-20(25)3/h8-18,27,33H,7H2,1-6H3/b28-26+. The molecule has 36 heavy (non-hydrogen) atoms. The second-order valence-corrected chi connectivity index (χ2v) is 10.2. The molecule has 1 heterocycles. The van der Waals surface area contributed by atoms with Gasteiger partial charge in [0.25, 0.3) is 11.7 Å². The molecule has 0 aliphatic carbocycles. The van der Waals surface area contributed by atoms with Gasteiger partial charge in [0, 0.05) is 11.3 Å². The molecule has 0 bridgehead atoms. The first-order chi connectivity index (χ1) is 17.0. The van der Waals surface area contributed by atoms with Gasteiger partial charge < -0.3 is 9.84 Å². The van der Waals surface area contributed by atoms with E-state index in [1.54, 1.807) is 0 Å². The number of aryl methyl sites for hydroxylation is 2. The predicted molar refractivity (Wildman–Crippen MR) is 143 cm³/mol. The van der Waals surface area contributed by atoms with Crippen molar-refractivity contribution in [2.45, 2.75) is 53.0 Å². The summed E-state index contributed by atoms with van der Waals surface area (Å²) in [6, 6.07) is 19.9. The van der Waals surface area contributed by atoms with E-state index in [2.05, 4.69) is 20.8 Å². The Hall–Kier alpha value is -3.86. The lowest BCUT2D eigenvalue weighted by atomic mass is 9.84. The molecule has 0 saturated carbocycles. The van der Waals surface area contributed by atoms with E-state index < -0.39 is 17.7 Å². The molecule has 4 rings (SSSR count). The number of para-hydroxylation sites is 1. The highest BCUT2D eigenvalue weighted by Crippen LogP contribution is 2.44. The summed E-state index contributed by atoms with van der Waals surface area (Å²) in [7, 11) is 0. The minimum atomic E-state index is -0.802. The van der Waals surface area contributed by atoms with Gasteiger partial charge in [0.1, 0.15) is 11.5 Å². The molecule has 186 valence electrons. The van der Waals surface area contributed by atoms with E-state index in [0.29, 0.717) is 29.2 Å². The van der Waals surface area contributed by atoms with Crippen molar-refractivity contribution in [2.75, 3.05) is 11.5 Å². The lowest BCUT2D eigenvalue weighted by molar-refractivity contribution is -0.132. The summed E-state index contributed by atoms with van der Waals surface area (Å²) in [4.78, 5) is 28.6. The molecular formula is C31H33NO4. The minimum Gasteiger partial charge on any atom is -0.507 e. The lowest BCUT2D eigenvalue weighted by Crippen LogP contribution is -2.30. The average molecular weight is 484 g/mol. The number of hydrogen-bond donors (Lipinski definition) is 1. The molecule has 0 spiro atoms. The third-order valence-corrected chi connectivity index (χ3v) is 6.66. The molecule has 3 aromatic carbocycles. The number of amides is 1. The van der Waals surface area contributed by atoms with Crippen molar-refractivity contribution >= 4 is 23.1 Å². The first-order valence-electron chi connectivity index (χ1n) is 12.3. The zero-order valence-electron chi connectivity index (χ0n) is 21.8. The van der Waals surface area contributed by atoms with Crippen LogP contribution in [-0.4, -0.2) is 23.4 Å². The van der Waals surface area contributed by atoms with Gasteiger partial charge in [-0.15, -0.1) is 0 Å². The van der Waals surface area contributed by atoms with Crippen molar-refractivity contribution in [1.29, 1.82) is 0 Å². The quantitative estimate of drug-likeness (QED) is 0.251. The first-order valence-corrected chi connectivity index (χ1v) is 12.3. The van der Waals surface area contributed by atoms with Crippen LogP contribution in [0, 0.1) is 13.8 Å². The van der Waals surface area contributed by atoms with Crippen LogP contribution in [0.3, 0.4) is 0 Å². The van der Waals surface area contributed by atoms with E-state index in [1.165, 1.54) is 4.90 Å². The number of aliphatic hydroxyl groups excluding tert-OH is 1. The fourth-order valence-corrected chi connectivity index (χ4v) is 4.66. The van der Waals surface area contributed by atoms with E-state index in [4.69, 9.17) is 4.74 Å². The zero-order valence-corrected chi connectivity index (χ0v) is 21.8. The molecule has 1 saturated heterocycles. The van der Waals surface area contributed by atoms with Gasteiger partial charge in [0.2, 0.25) is 0 Å². The Kier molecular flexibility index (Phi) is 6.77. The van der Waals surface area contributed by atoms with Crippen molar-refractivity contribution < 1.29 is 19.4 Å². The monoisotopic (exact) mass is 483 g/mol. The summed E-state index contributed by atoms with van der Waals surface area (Å²) in [6.07, 6.45) is 0. The van der Waals surface area contributed by atoms with Gasteiger partial charge in [-0.2, -0.15) is 0 Å². The van der Waals surface area contributed by atoms with E-state index in [-0.39, 0.29) is 16.7 Å². The van der Waals surface area contributed by atoms with Gasteiger partial charge in [-0.1, -0.05) is 63.2 Å². The summed E-state index contributed by atoms with van der Waals surface area (Å²) in [5.74, 6) is -0.901. The smallest absolute Gasteiger partial charge is 0.300 e. The highest BCUT2D eigenvalue weighted by molar-refractivity contribution is 6.51. The molecule has 5 heteroatoms. The van der Waals surface area contributed by atoms with Crippen LogP contribution >= 0.6 is 0 Å². The van der Waals surface area contributed by atoms with Crippen LogP contribution in [0.5, 0.6) is 5.75 Å². The fourth-order valence-electron chi connectivity index (χ4n) is 4.66. The van der Waals surface area contributed by atoms with Crippen molar-refractivity contribution in [3.8, 4) is 5.75 Å². The number of benzene rings is 3. The summed E-state index contributed by atoms with van der Waals surface area (Å²) in [5, 5.41) is 11.7. The van der Waals surface area contributed by atoms with Crippen molar-refractivity contribution in [1.82, 2.24) is 0 Å². The second-order valence-electron chi connectivity index (χ2n) is 10.2. The van der Waals surface area contributed by atoms with E-state index in [1.807, 2.05) is 87.5 Å². The molecule has 1 unspecified atom stereocenters. The number of anilines is 1. The number of carbonyl (C=O) groups excluding carboxylic acids is 2. The number of Topliss-reactive ketones (excluding diaryl/α,β-unsaturated/α-hetero) is 1. The third-order valence-electron chi connectivity index (χ3n) is 6.66. The number of nitrogens with zero attached hydrogens (tertiary/aromatic N) is 1. The molecule has 1 aliphatic heterocycles. The molecule has 1 aliphatic rings. The maximum Gasteiger partial charge on any atom is 0.300 e. The number of rotatable bonds is 5. The number of carbonyl (C=O) groups is 2. The Labute approximate surface area is 213 Å². The van der Waals surface area contributed by atoms with Crippen LogP contribution in [0.15, 0.2) is 72.3 Å². The molecular weight excluding hydrogens is 450 g/mol. The molecule has 1 atom stereocenters. The topological polar surface area (TPSA) is 66.8 Å². The maximum atomic E-state index is 13.6. The van der Waals surface area contributed by atoms with Gasteiger partial charge in [0.15, 0.2) is 0 Å². The Morgan fingerprint density at radius 3 is 2.33 bits per heavy atom. The second kappa shape index (κ2) is 9.65. The largest absolute Gasteiger partial charge is 0.507 e. The zero-order chi connectivity index (χ0) is 26.2. The number of ketones is 1. The predicted octanol–water partition coefficient (Wildman–Crippen LogP) is 6.63. The Balaban J connectivity index is 2.00. The van der Waals surface area contributed by atoms with Gasteiger partial charge in [-0.3, -0.25) is 14.5 Å². The molecule has 1 N–H and O–H groups in total. The summed E-state index contributed by atoms with van der Waals surface area (Å²) < 4.78 is 5.71. The number of hydrogen-bond acceptors (Lipinski definition) is 4. The summed E-state index contributed by atoms with van der Waals surface area (Å²) >= 11 is 0. The van der Waals surface area contributed by atoms with Gasteiger partial charge >= 0.3 is 0 Å². The van der Waals surface area contributed by atoms with E-state index in [0.717, 1.165) is 16.7 Å². The molecule has 1 amide bonds. The van der Waals surface area contributed by atoms with Crippen LogP contribution in [-0.2, 0) is 15.0 Å². The van der Waals surface area contributed by atoms with Gasteiger partial charge in [-0.25, -0.2) is 0 Å². The first kappa shape index (κ1) is 25.2. The van der Waals surface area contributed by atoms with Crippen LogP contribution in [0.4, 0.5) is 5.69 Å². The molecule has 3 aromatic rings. The van der Waals surface area contributed by atoms with Crippen LogP contribution < -0.4 is 9.64 Å². The lowest BCUT2D eigenvalue weighted by Gasteiger charge is -2.27.